The Hall–Kier alpha value is -2.81. The number of hydrogen-bond acceptors (Lipinski definition) is 6. The van der Waals surface area contributed by atoms with Crippen molar-refractivity contribution in [3.63, 3.8) is 0 Å². The van der Waals surface area contributed by atoms with E-state index >= 15 is 0 Å². The smallest absolute Gasteiger partial charge is 0.387 e. The van der Waals surface area contributed by atoms with Crippen LogP contribution >= 0.6 is 11.8 Å². The highest BCUT2D eigenvalue weighted by molar-refractivity contribution is 8.01. The van der Waals surface area contributed by atoms with Gasteiger partial charge < -0.3 is 19.5 Å². The summed E-state index contributed by atoms with van der Waals surface area (Å²) in [6.45, 7) is -3.10. The third-order valence-electron chi connectivity index (χ3n) is 4.12. The average molecular weight is 409 g/mol. The van der Waals surface area contributed by atoms with E-state index in [1.54, 1.807) is 0 Å². The fourth-order valence-electron chi connectivity index (χ4n) is 2.83. The highest BCUT2D eigenvalue weighted by atomic mass is 32.2. The van der Waals surface area contributed by atoms with E-state index in [2.05, 4.69) is 10.1 Å². The van der Waals surface area contributed by atoms with Gasteiger partial charge in [-0.2, -0.15) is 8.78 Å². The number of nitrogens with one attached hydrogen (secondary N) is 1. The summed E-state index contributed by atoms with van der Waals surface area (Å²) >= 11 is 1.40. The molecule has 1 heterocycles. The Morgan fingerprint density at radius 3 is 2.57 bits per heavy atom. The molecule has 0 aliphatic carbocycles. The second-order valence-corrected chi connectivity index (χ2v) is 7.07. The second kappa shape index (κ2) is 8.47. The van der Waals surface area contributed by atoms with Gasteiger partial charge >= 0.3 is 12.6 Å². The molecule has 28 heavy (non-hydrogen) atoms. The third kappa shape index (κ3) is 4.19. The van der Waals surface area contributed by atoms with Gasteiger partial charge in [0, 0.05) is 17.0 Å². The molecule has 2 aromatic rings. The lowest BCUT2D eigenvalue weighted by molar-refractivity contribution is -0.115. The van der Waals surface area contributed by atoms with Crippen molar-refractivity contribution in [1.82, 2.24) is 0 Å². The summed E-state index contributed by atoms with van der Waals surface area (Å²) in [7, 11) is 2.42. The molecule has 0 aromatic heterocycles. The number of carbonyl (C=O) groups is 2. The van der Waals surface area contributed by atoms with Crippen molar-refractivity contribution in [2.45, 2.75) is 23.2 Å². The highest BCUT2D eigenvalue weighted by Crippen LogP contribution is 2.39. The van der Waals surface area contributed by atoms with Crippen molar-refractivity contribution in [3.8, 4) is 11.5 Å². The molecule has 1 amide bonds. The van der Waals surface area contributed by atoms with Gasteiger partial charge in [-0.3, -0.25) is 4.79 Å². The number of halogens is 2. The van der Waals surface area contributed by atoms with E-state index in [9.17, 15) is 18.4 Å². The largest absolute Gasteiger partial charge is 0.493 e. The van der Waals surface area contributed by atoms with E-state index in [0.29, 0.717) is 6.42 Å². The Kier molecular flexibility index (Phi) is 6.03. The van der Waals surface area contributed by atoms with E-state index in [4.69, 9.17) is 9.47 Å². The van der Waals surface area contributed by atoms with Gasteiger partial charge in [0.25, 0.3) is 0 Å². The van der Waals surface area contributed by atoms with Gasteiger partial charge in [-0.25, -0.2) is 4.79 Å². The molecule has 1 atom stereocenters. The first-order chi connectivity index (χ1) is 13.4. The lowest BCUT2D eigenvalue weighted by Crippen LogP contribution is -2.26. The number of methoxy groups -OCH3 is 2. The first-order valence-corrected chi connectivity index (χ1v) is 9.11. The van der Waals surface area contributed by atoms with Crippen LogP contribution in [0.3, 0.4) is 0 Å². The summed E-state index contributed by atoms with van der Waals surface area (Å²) in [5.41, 5.74) is 1.02. The summed E-state index contributed by atoms with van der Waals surface area (Å²) in [4.78, 5) is 25.8. The highest BCUT2D eigenvalue weighted by Gasteiger charge is 2.29. The Balaban J connectivity index is 1.89. The van der Waals surface area contributed by atoms with Crippen LogP contribution in [0, 0.1) is 0 Å². The van der Waals surface area contributed by atoms with Crippen molar-refractivity contribution in [3.05, 3.63) is 47.5 Å². The van der Waals surface area contributed by atoms with E-state index < -0.39 is 17.8 Å². The maximum atomic E-state index is 12.7. The number of rotatable bonds is 6. The van der Waals surface area contributed by atoms with Crippen LogP contribution in [0.1, 0.15) is 15.9 Å². The van der Waals surface area contributed by atoms with Crippen molar-refractivity contribution in [2.24, 2.45) is 0 Å². The van der Waals surface area contributed by atoms with Crippen molar-refractivity contribution in [1.29, 1.82) is 0 Å². The molecule has 0 bridgehead atoms. The molecule has 0 saturated heterocycles. The predicted octanol–water partition coefficient (Wildman–Crippen LogP) is 3.74. The molecule has 0 spiro atoms. The fraction of sp³-hybridized carbons (Fsp3) is 0.263. The van der Waals surface area contributed by atoms with Crippen molar-refractivity contribution >= 4 is 29.3 Å². The molecule has 1 aliphatic rings. The van der Waals surface area contributed by atoms with Gasteiger partial charge in [-0.1, -0.05) is 18.2 Å². The van der Waals surface area contributed by atoms with Crippen molar-refractivity contribution in [2.75, 3.05) is 19.5 Å². The zero-order chi connectivity index (χ0) is 20.3. The number of ether oxygens (including phenoxy) is 3. The topological polar surface area (TPSA) is 73.9 Å². The Morgan fingerprint density at radius 1 is 1.18 bits per heavy atom. The maximum Gasteiger partial charge on any atom is 0.387 e. The van der Waals surface area contributed by atoms with Crippen LogP contribution in [0.15, 0.2) is 41.3 Å². The van der Waals surface area contributed by atoms with Gasteiger partial charge in [-0.05, 0) is 18.1 Å². The lowest BCUT2D eigenvalue weighted by Gasteiger charge is -2.17. The second-order valence-electron chi connectivity index (χ2n) is 5.83. The number of thioether (sulfide) groups is 1. The van der Waals surface area contributed by atoms with Crippen molar-refractivity contribution < 1.29 is 32.6 Å². The van der Waals surface area contributed by atoms with Gasteiger partial charge in [-0.15, -0.1) is 11.8 Å². The molecule has 1 unspecified atom stereocenters. The van der Waals surface area contributed by atoms with E-state index in [1.165, 1.54) is 32.0 Å². The Labute approximate surface area is 164 Å². The van der Waals surface area contributed by atoms with E-state index in [-0.39, 0.29) is 28.7 Å². The molecular weight excluding hydrogens is 392 g/mol. The van der Waals surface area contributed by atoms with Crippen LogP contribution in [-0.4, -0.2) is 38.0 Å². The van der Waals surface area contributed by atoms with Gasteiger partial charge in [0.15, 0.2) is 11.5 Å². The number of fused-ring (bicyclic) bond motifs is 1. The summed E-state index contributed by atoms with van der Waals surface area (Å²) in [6.07, 6.45) is 0.525. The number of esters is 1. The first-order valence-electron chi connectivity index (χ1n) is 8.23. The van der Waals surface area contributed by atoms with Crippen LogP contribution in [-0.2, 0) is 16.0 Å². The number of carbonyl (C=O) groups excluding carboxylic acids is 2. The minimum atomic E-state index is -3.10. The summed E-state index contributed by atoms with van der Waals surface area (Å²) in [5.74, 6) is -1.50. The maximum absolute atomic E-state index is 12.7. The molecule has 0 radical (unpaired) electrons. The van der Waals surface area contributed by atoms with Crippen LogP contribution in [0.25, 0.3) is 0 Å². The molecule has 9 heteroatoms. The third-order valence-corrected chi connectivity index (χ3v) is 5.44. The molecule has 3 rings (SSSR count). The summed E-state index contributed by atoms with van der Waals surface area (Å²) in [6, 6.07) is 9.97. The van der Waals surface area contributed by atoms with Gasteiger partial charge in [0.05, 0.1) is 30.7 Å². The predicted molar refractivity (Wildman–Crippen MR) is 99.4 cm³/mol. The number of benzene rings is 2. The van der Waals surface area contributed by atoms with Crippen LogP contribution in [0.5, 0.6) is 11.5 Å². The lowest BCUT2D eigenvalue weighted by atomic mass is 10.1. The fourth-order valence-corrected chi connectivity index (χ4v) is 4.03. The zero-order valence-corrected chi connectivity index (χ0v) is 15.8. The minimum Gasteiger partial charge on any atom is -0.493 e. The van der Waals surface area contributed by atoms with Crippen LogP contribution in [0.2, 0.25) is 0 Å². The molecule has 6 nitrogen and oxygen atoms in total. The Morgan fingerprint density at radius 2 is 1.93 bits per heavy atom. The SMILES string of the molecule is COC(=O)c1cc(OC)c(OC(F)F)cc1NC(=O)C1Cc2ccccc2S1. The molecule has 148 valence electrons. The quantitative estimate of drug-likeness (QED) is 0.733. The number of hydrogen-bond donors (Lipinski definition) is 1. The molecule has 0 saturated carbocycles. The molecule has 1 aliphatic heterocycles. The van der Waals surface area contributed by atoms with E-state index in [1.807, 2.05) is 24.3 Å². The van der Waals surface area contributed by atoms with Gasteiger partial charge in [0.1, 0.15) is 0 Å². The van der Waals surface area contributed by atoms with Crippen LogP contribution < -0.4 is 14.8 Å². The zero-order valence-electron chi connectivity index (χ0n) is 15.0. The monoisotopic (exact) mass is 409 g/mol. The number of alkyl halides is 2. The number of amides is 1. The van der Waals surface area contributed by atoms with Crippen LogP contribution in [0.4, 0.5) is 14.5 Å². The van der Waals surface area contributed by atoms with Gasteiger partial charge in [0.2, 0.25) is 5.91 Å². The standard InChI is InChI=1S/C19H17F2NO5S/c1-25-13-8-11(18(24)26-2)12(9-14(13)27-19(20)21)22-17(23)16-7-10-5-3-4-6-15(10)28-16/h3-6,8-9,16,19H,7H2,1-2H3,(H,22,23). The van der Waals surface area contributed by atoms with E-state index in [0.717, 1.165) is 16.5 Å². The summed E-state index contributed by atoms with van der Waals surface area (Å²) < 4.78 is 39.5. The molecule has 0 fully saturated rings. The normalized spacial score (nSPS) is 15.1. The summed E-state index contributed by atoms with van der Waals surface area (Å²) in [5, 5.41) is 2.21. The molecule has 2 aromatic carbocycles. The average Bonchev–Trinajstić information content (AvgIpc) is 3.11. The Bertz CT molecular complexity index is 881. The number of anilines is 1. The first kappa shape index (κ1) is 19.9. The molecule has 1 N–H and O–H groups in total. The molecular formula is C19H17F2NO5S. The minimum absolute atomic E-state index is 0.00450.